The number of aliphatic hydroxyl groups is 1. The Morgan fingerprint density at radius 1 is 1.06 bits per heavy atom. The van der Waals surface area contributed by atoms with Crippen LogP contribution >= 0.6 is 0 Å². The Bertz CT molecular complexity index is 1030. The molecule has 1 heterocycles. The molecule has 7 heteroatoms. The highest BCUT2D eigenvalue weighted by Crippen LogP contribution is 2.49. The van der Waals surface area contributed by atoms with Gasteiger partial charge in [-0.1, -0.05) is 25.0 Å². The zero-order valence-electron chi connectivity index (χ0n) is 19.9. The van der Waals surface area contributed by atoms with E-state index >= 15 is 0 Å². The van der Waals surface area contributed by atoms with Crippen molar-refractivity contribution in [2.75, 3.05) is 27.9 Å². The quantitative estimate of drug-likeness (QED) is 0.618. The summed E-state index contributed by atoms with van der Waals surface area (Å²) in [5.41, 5.74) is 0.780. The number of hydrogen-bond donors (Lipinski definition) is 1. The van der Waals surface area contributed by atoms with Gasteiger partial charge in [0.1, 0.15) is 5.82 Å². The maximum absolute atomic E-state index is 13.6. The summed E-state index contributed by atoms with van der Waals surface area (Å²) < 4.78 is 29.8. The Morgan fingerprint density at radius 3 is 2.35 bits per heavy atom. The molecule has 1 aliphatic carbocycles. The molecule has 6 nitrogen and oxygen atoms in total. The summed E-state index contributed by atoms with van der Waals surface area (Å²) in [7, 11) is 4.63. The van der Waals surface area contributed by atoms with Gasteiger partial charge in [-0.05, 0) is 60.7 Å². The Kier molecular flexibility index (Phi) is 7.12. The van der Waals surface area contributed by atoms with Gasteiger partial charge >= 0.3 is 0 Å². The predicted octanol–water partition coefficient (Wildman–Crippen LogP) is 4.76. The second-order valence-electron chi connectivity index (χ2n) is 9.03. The SMILES string of the molecule is COc1cc(/C=C/C(=O)N2CC[C@@]3(O)CCCC[C@@H]3[C@@H]2c2ccc(F)cc2)cc(OC)c1OC. The van der Waals surface area contributed by atoms with Crippen LogP contribution in [0.15, 0.2) is 42.5 Å². The van der Waals surface area contributed by atoms with Crippen LogP contribution in [0.2, 0.25) is 0 Å². The molecule has 1 saturated heterocycles. The number of carbonyl (C=O) groups is 1. The second kappa shape index (κ2) is 10.1. The first-order chi connectivity index (χ1) is 16.4. The van der Waals surface area contributed by atoms with E-state index in [1.54, 1.807) is 44.6 Å². The summed E-state index contributed by atoms with van der Waals surface area (Å²) in [6.07, 6.45) is 7.35. The first-order valence-electron chi connectivity index (χ1n) is 11.7. The molecule has 0 aromatic heterocycles. The minimum atomic E-state index is -0.797. The molecule has 34 heavy (non-hydrogen) atoms. The normalized spacial score (nSPS) is 24.6. The number of likely N-dealkylation sites (tertiary alicyclic amines) is 1. The molecule has 2 fully saturated rings. The van der Waals surface area contributed by atoms with E-state index in [-0.39, 0.29) is 23.7 Å². The third-order valence-electron chi connectivity index (χ3n) is 7.17. The van der Waals surface area contributed by atoms with E-state index in [2.05, 4.69) is 0 Å². The number of methoxy groups -OCH3 is 3. The van der Waals surface area contributed by atoms with Crippen LogP contribution in [-0.4, -0.2) is 49.4 Å². The largest absolute Gasteiger partial charge is 0.493 e. The number of piperidine rings is 1. The third-order valence-corrected chi connectivity index (χ3v) is 7.17. The predicted molar refractivity (Wildman–Crippen MR) is 128 cm³/mol. The van der Waals surface area contributed by atoms with Gasteiger partial charge in [-0.15, -0.1) is 0 Å². The molecule has 0 bridgehead atoms. The van der Waals surface area contributed by atoms with Crippen LogP contribution in [0, 0.1) is 11.7 Å². The van der Waals surface area contributed by atoms with E-state index < -0.39 is 5.60 Å². The summed E-state index contributed by atoms with van der Waals surface area (Å²) >= 11 is 0. The number of hydrogen-bond acceptors (Lipinski definition) is 5. The molecule has 2 aromatic carbocycles. The molecule has 0 radical (unpaired) electrons. The van der Waals surface area contributed by atoms with Crippen molar-refractivity contribution in [1.29, 1.82) is 0 Å². The molecule has 0 unspecified atom stereocenters. The van der Waals surface area contributed by atoms with Crippen molar-refractivity contribution in [3.05, 3.63) is 59.4 Å². The van der Waals surface area contributed by atoms with E-state index in [4.69, 9.17) is 14.2 Å². The average Bonchev–Trinajstić information content (AvgIpc) is 2.86. The first-order valence-corrected chi connectivity index (χ1v) is 11.7. The second-order valence-corrected chi connectivity index (χ2v) is 9.03. The molecule has 182 valence electrons. The summed E-state index contributed by atoms with van der Waals surface area (Å²) in [6.45, 7) is 0.438. The van der Waals surface area contributed by atoms with Crippen molar-refractivity contribution in [3.8, 4) is 17.2 Å². The van der Waals surface area contributed by atoms with Crippen LogP contribution in [0.4, 0.5) is 4.39 Å². The Hall–Kier alpha value is -3.06. The summed E-state index contributed by atoms with van der Waals surface area (Å²) in [6, 6.07) is 9.53. The van der Waals surface area contributed by atoms with E-state index in [1.165, 1.54) is 25.3 Å². The van der Waals surface area contributed by atoms with Gasteiger partial charge in [0.05, 0.1) is 33.0 Å². The van der Waals surface area contributed by atoms with Crippen LogP contribution in [0.25, 0.3) is 6.08 Å². The maximum atomic E-state index is 13.6. The molecule has 1 aliphatic heterocycles. The Balaban J connectivity index is 1.65. The third kappa shape index (κ3) is 4.62. The molecular weight excluding hydrogens is 437 g/mol. The molecule has 3 atom stereocenters. The Morgan fingerprint density at radius 2 is 1.74 bits per heavy atom. The molecule has 2 aliphatic rings. The smallest absolute Gasteiger partial charge is 0.247 e. The lowest BCUT2D eigenvalue weighted by molar-refractivity contribution is -0.150. The van der Waals surface area contributed by atoms with Crippen molar-refractivity contribution in [2.45, 2.75) is 43.7 Å². The highest BCUT2D eigenvalue weighted by molar-refractivity contribution is 5.92. The van der Waals surface area contributed by atoms with Crippen molar-refractivity contribution in [2.24, 2.45) is 5.92 Å². The number of nitrogens with zero attached hydrogens (tertiary/aromatic N) is 1. The number of carbonyl (C=O) groups excluding carboxylic acids is 1. The number of ether oxygens (including phenoxy) is 3. The minimum absolute atomic E-state index is 0.0843. The van der Waals surface area contributed by atoms with Gasteiger partial charge in [0.2, 0.25) is 11.7 Å². The molecule has 2 aromatic rings. The number of benzene rings is 2. The van der Waals surface area contributed by atoms with Crippen molar-refractivity contribution in [1.82, 2.24) is 4.90 Å². The van der Waals surface area contributed by atoms with Gasteiger partial charge in [0.25, 0.3) is 0 Å². The fourth-order valence-corrected chi connectivity index (χ4v) is 5.46. The first kappa shape index (κ1) is 24.1. The van der Waals surface area contributed by atoms with Crippen molar-refractivity contribution >= 4 is 12.0 Å². The fourth-order valence-electron chi connectivity index (χ4n) is 5.46. The standard InChI is InChI=1S/C27H32FNO5/c1-32-22-16-18(17-23(33-2)26(22)34-3)7-12-24(30)29-15-14-27(31)13-5-4-6-21(27)25(29)19-8-10-20(28)11-9-19/h7-12,16-17,21,25,31H,4-6,13-15H2,1-3H3/b12-7+/t21-,25+,27+/m1/s1. The summed E-state index contributed by atoms with van der Waals surface area (Å²) in [4.78, 5) is 15.2. The summed E-state index contributed by atoms with van der Waals surface area (Å²) in [5.74, 6) is 0.928. The number of halogens is 1. The number of amides is 1. The molecule has 0 spiro atoms. The van der Waals surface area contributed by atoms with E-state index in [0.717, 1.165) is 36.8 Å². The van der Waals surface area contributed by atoms with Crippen LogP contribution < -0.4 is 14.2 Å². The maximum Gasteiger partial charge on any atom is 0.247 e. The summed E-state index contributed by atoms with van der Waals surface area (Å²) in [5, 5.41) is 11.4. The lowest BCUT2D eigenvalue weighted by Gasteiger charge is -2.52. The van der Waals surface area contributed by atoms with Gasteiger partial charge in [0, 0.05) is 18.5 Å². The van der Waals surface area contributed by atoms with Crippen molar-refractivity contribution < 1.29 is 28.5 Å². The van der Waals surface area contributed by atoms with Crippen LogP contribution in [0.1, 0.15) is 49.3 Å². The Labute approximate surface area is 199 Å². The van der Waals surface area contributed by atoms with Gasteiger partial charge in [0.15, 0.2) is 11.5 Å². The van der Waals surface area contributed by atoms with E-state index in [0.29, 0.717) is 30.2 Å². The van der Waals surface area contributed by atoms with Gasteiger partial charge in [-0.2, -0.15) is 0 Å². The molecule has 1 N–H and O–H groups in total. The topological polar surface area (TPSA) is 68.2 Å². The average molecular weight is 470 g/mol. The lowest BCUT2D eigenvalue weighted by atomic mass is 9.66. The fraction of sp³-hybridized carbons (Fsp3) is 0.444. The van der Waals surface area contributed by atoms with Gasteiger partial charge in [-0.25, -0.2) is 4.39 Å². The number of rotatable bonds is 6. The zero-order valence-corrected chi connectivity index (χ0v) is 19.9. The van der Waals surface area contributed by atoms with Crippen LogP contribution in [0.3, 0.4) is 0 Å². The van der Waals surface area contributed by atoms with Gasteiger partial charge < -0.3 is 24.2 Å². The molecule has 4 rings (SSSR count). The van der Waals surface area contributed by atoms with Crippen LogP contribution in [0.5, 0.6) is 17.2 Å². The lowest BCUT2D eigenvalue weighted by Crippen LogP contribution is -2.56. The highest BCUT2D eigenvalue weighted by atomic mass is 19.1. The molecular formula is C27H32FNO5. The van der Waals surface area contributed by atoms with Crippen molar-refractivity contribution in [3.63, 3.8) is 0 Å². The monoisotopic (exact) mass is 469 g/mol. The highest BCUT2D eigenvalue weighted by Gasteiger charge is 2.49. The van der Waals surface area contributed by atoms with E-state index in [9.17, 15) is 14.3 Å². The van der Waals surface area contributed by atoms with E-state index in [1.807, 2.05) is 4.90 Å². The number of fused-ring (bicyclic) bond motifs is 1. The van der Waals surface area contributed by atoms with Crippen LogP contribution in [-0.2, 0) is 4.79 Å². The van der Waals surface area contributed by atoms with Gasteiger partial charge in [-0.3, -0.25) is 4.79 Å². The molecule has 1 amide bonds. The zero-order chi connectivity index (χ0) is 24.3. The molecule has 1 saturated carbocycles. The minimum Gasteiger partial charge on any atom is -0.493 e.